The average Bonchev–Trinajstić information content (AvgIpc) is 3.19. The van der Waals surface area contributed by atoms with Crippen LogP contribution in [-0.4, -0.2) is 26.4 Å². The van der Waals surface area contributed by atoms with Gasteiger partial charge in [0, 0.05) is 47.6 Å². The van der Waals surface area contributed by atoms with Crippen molar-refractivity contribution in [2.75, 3.05) is 6.54 Å². The highest BCUT2D eigenvalue weighted by atomic mass is 35.5. The highest BCUT2D eigenvalue weighted by molar-refractivity contribution is 6.30. The van der Waals surface area contributed by atoms with E-state index in [0.29, 0.717) is 39.0 Å². The van der Waals surface area contributed by atoms with Crippen LogP contribution in [0, 0.1) is 11.3 Å². The lowest BCUT2D eigenvalue weighted by Crippen LogP contribution is -2.11. The van der Waals surface area contributed by atoms with E-state index >= 15 is 0 Å². The fraction of sp³-hybridized carbons (Fsp3) is 0.125. The fourth-order valence-electron chi connectivity index (χ4n) is 3.21. The number of aryl methyl sites for hydroxylation is 1. The van der Waals surface area contributed by atoms with Crippen LogP contribution in [0.5, 0.6) is 11.6 Å². The summed E-state index contributed by atoms with van der Waals surface area (Å²) in [7, 11) is 1.78. The molecule has 0 amide bonds. The van der Waals surface area contributed by atoms with Crippen LogP contribution in [0.3, 0.4) is 0 Å². The monoisotopic (exact) mass is 445 g/mol. The lowest BCUT2D eigenvalue weighted by molar-refractivity contribution is 0.186. The number of nitrogens with two attached hydrogens (primary N) is 1. The van der Waals surface area contributed by atoms with Gasteiger partial charge in [-0.25, -0.2) is 4.68 Å². The van der Waals surface area contributed by atoms with Gasteiger partial charge in [-0.2, -0.15) is 10.4 Å². The van der Waals surface area contributed by atoms with Gasteiger partial charge < -0.3 is 15.6 Å². The molecule has 7 nitrogen and oxygen atoms in total. The zero-order valence-corrected chi connectivity index (χ0v) is 18.0. The van der Waals surface area contributed by atoms with Crippen molar-refractivity contribution in [2.24, 2.45) is 12.8 Å². The number of pyridine rings is 1. The minimum absolute atomic E-state index is 0.114. The minimum Gasteiger partial charge on any atom is -0.439 e. The standard InChI is InChI=1S/C24H20ClN5O2/c1-30-24(11-21(29-30)16-3-6-18(25)7-4-16)32-23-10-15(12-26)2-8-19(23)20-9-5-17(14-28-20)22(31)13-27/h2-11,14,22,31H,13,27H2,1H3. The molecule has 0 aliphatic heterocycles. The number of aliphatic hydroxyl groups excluding tert-OH is 1. The second-order valence-corrected chi connectivity index (χ2v) is 7.59. The first-order valence-corrected chi connectivity index (χ1v) is 10.2. The highest BCUT2D eigenvalue weighted by Gasteiger charge is 2.15. The topological polar surface area (TPSA) is 110 Å². The van der Waals surface area contributed by atoms with Crippen LogP contribution in [0.25, 0.3) is 22.5 Å². The number of ether oxygens (including phenoxy) is 1. The van der Waals surface area contributed by atoms with E-state index in [1.807, 2.05) is 18.2 Å². The van der Waals surface area contributed by atoms with E-state index in [-0.39, 0.29) is 6.54 Å². The number of nitrogens with zero attached hydrogens (tertiary/aromatic N) is 4. The van der Waals surface area contributed by atoms with E-state index in [4.69, 9.17) is 22.1 Å². The van der Waals surface area contributed by atoms with Gasteiger partial charge in [0.1, 0.15) is 5.75 Å². The predicted octanol–water partition coefficient (Wildman–Crippen LogP) is 4.46. The van der Waals surface area contributed by atoms with E-state index in [0.717, 1.165) is 11.3 Å². The summed E-state index contributed by atoms with van der Waals surface area (Å²) in [5.74, 6) is 0.968. The molecule has 2 aromatic carbocycles. The molecule has 0 bridgehead atoms. The Kier molecular flexibility index (Phi) is 6.19. The third kappa shape index (κ3) is 4.48. The molecular formula is C24H20ClN5O2. The van der Waals surface area contributed by atoms with Gasteiger partial charge in [-0.3, -0.25) is 4.98 Å². The molecule has 1 unspecified atom stereocenters. The van der Waals surface area contributed by atoms with E-state index < -0.39 is 6.10 Å². The Bertz CT molecular complexity index is 1280. The van der Waals surface area contributed by atoms with Crippen LogP contribution in [0.4, 0.5) is 0 Å². The summed E-state index contributed by atoms with van der Waals surface area (Å²) in [6.07, 6.45) is 0.811. The molecule has 0 saturated carbocycles. The maximum Gasteiger partial charge on any atom is 0.218 e. The van der Waals surface area contributed by atoms with Gasteiger partial charge in [0.2, 0.25) is 5.88 Å². The SMILES string of the molecule is Cn1nc(-c2ccc(Cl)cc2)cc1Oc1cc(C#N)ccc1-c1ccc(C(O)CN)cn1. The smallest absolute Gasteiger partial charge is 0.218 e. The Balaban J connectivity index is 1.70. The van der Waals surface area contributed by atoms with Gasteiger partial charge in [0.15, 0.2) is 0 Å². The van der Waals surface area contributed by atoms with Crippen LogP contribution < -0.4 is 10.5 Å². The van der Waals surface area contributed by atoms with Crippen molar-refractivity contribution in [1.29, 1.82) is 5.26 Å². The van der Waals surface area contributed by atoms with Crippen molar-refractivity contribution < 1.29 is 9.84 Å². The molecule has 0 saturated heterocycles. The number of hydrogen-bond acceptors (Lipinski definition) is 6. The Labute approximate surface area is 190 Å². The lowest BCUT2D eigenvalue weighted by Gasteiger charge is -2.12. The molecule has 3 N–H and O–H groups in total. The number of aliphatic hydroxyl groups is 1. The van der Waals surface area contributed by atoms with Crippen molar-refractivity contribution in [3.05, 3.63) is 83.0 Å². The van der Waals surface area contributed by atoms with Gasteiger partial charge in [-0.05, 0) is 36.4 Å². The Morgan fingerprint density at radius 1 is 1.12 bits per heavy atom. The van der Waals surface area contributed by atoms with Gasteiger partial charge >= 0.3 is 0 Å². The van der Waals surface area contributed by atoms with E-state index in [1.165, 1.54) is 0 Å². The summed E-state index contributed by atoms with van der Waals surface area (Å²) < 4.78 is 7.80. The molecule has 4 aromatic rings. The number of halogens is 1. The van der Waals surface area contributed by atoms with Gasteiger partial charge in [0.25, 0.3) is 0 Å². The van der Waals surface area contributed by atoms with Crippen LogP contribution in [0.15, 0.2) is 66.9 Å². The second-order valence-electron chi connectivity index (χ2n) is 7.15. The summed E-state index contributed by atoms with van der Waals surface area (Å²) in [6, 6.07) is 20.0. The fourth-order valence-corrected chi connectivity index (χ4v) is 3.33. The summed E-state index contributed by atoms with van der Waals surface area (Å²) in [6.45, 7) is 0.114. The number of aromatic nitrogens is 3. The molecule has 4 rings (SSSR count). The molecule has 2 heterocycles. The minimum atomic E-state index is -0.769. The molecule has 2 aromatic heterocycles. The summed E-state index contributed by atoms with van der Waals surface area (Å²) >= 11 is 5.98. The molecule has 0 aliphatic carbocycles. The van der Waals surface area contributed by atoms with Crippen molar-refractivity contribution in [3.8, 4) is 40.2 Å². The van der Waals surface area contributed by atoms with E-state index in [1.54, 1.807) is 60.4 Å². The average molecular weight is 446 g/mol. The van der Waals surface area contributed by atoms with Crippen LogP contribution in [0.1, 0.15) is 17.2 Å². The van der Waals surface area contributed by atoms with Crippen molar-refractivity contribution >= 4 is 11.6 Å². The van der Waals surface area contributed by atoms with Crippen molar-refractivity contribution in [3.63, 3.8) is 0 Å². The molecule has 0 aliphatic rings. The first-order valence-electron chi connectivity index (χ1n) is 9.85. The third-order valence-corrected chi connectivity index (χ3v) is 5.22. The number of nitriles is 1. The lowest BCUT2D eigenvalue weighted by atomic mass is 10.1. The van der Waals surface area contributed by atoms with Gasteiger partial charge in [0.05, 0.1) is 29.1 Å². The summed E-state index contributed by atoms with van der Waals surface area (Å²) in [4.78, 5) is 4.45. The molecule has 0 fully saturated rings. The number of benzene rings is 2. The first kappa shape index (κ1) is 21.5. The quantitative estimate of drug-likeness (QED) is 0.453. The number of hydrogen-bond donors (Lipinski definition) is 2. The van der Waals surface area contributed by atoms with Crippen molar-refractivity contribution in [1.82, 2.24) is 14.8 Å². The molecule has 160 valence electrons. The molecule has 1 atom stereocenters. The summed E-state index contributed by atoms with van der Waals surface area (Å²) in [5, 5.41) is 24.4. The first-order chi connectivity index (χ1) is 15.5. The zero-order chi connectivity index (χ0) is 22.7. The maximum absolute atomic E-state index is 9.91. The molecule has 8 heteroatoms. The van der Waals surface area contributed by atoms with E-state index in [2.05, 4.69) is 16.2 Å². The molecule has 0 radical (unpaired) electrons. The molecule has 32 heavy (non-hydrogen) atoms. The van der Waals surface area contributed by atoms with Crippen molar-refractivity contribution in [2.45, 2.75) is 6.10 Å². The Morgan fingerprint density at radius 2 is 1.91 bits per heavy atom. The van der Waals surface area contributed by atoms with Gasteiger partial charge in [-0.1, -0.05) is 29.8 Å². The normalized spacial score (nSPS) is 11.7. The largest absolute Gasteiger partial charge is 0.439 e. The van der Waals surface area contributed by atoms with Crippen LogP contribution in [-0.2, 0) is 7.05 Å². The van der Waals surface area contributed by atoms with E-state index in [9.17, 15) is 10.4 Å². The second kappa shape index (κ2) is 9.20. The number of rotatable bonds is 6. The molecular weight excluding hydrogens is 426 g/mol. The maximum atomic E-state index is 9.91. The Hall–Kier alpha value is -3.70. The van der Waals surface area contributed by atoms with Gasteiger partial charge in [-0.15, -0.1) is 0 Å². The summed E-state index contributed by atoms with van der Waals surface area (Å²) in [5.41, 5.74) is 9.58. The third-order valence-electron chi connectivity index (χ3n) is 4.97. The van der Waals surface area contributed by atoms with Crippen LogP contribution in [0.2, 0.25) is 5.02 Å². The van der Waals surface area contributed by atoms with Crippen LogP contribution >= 0.6 is 11.6 Å². The molecule has 0 spiro atoms. The predicted molar refractivity (Wildman–Crippen MR) is 122 cm³/mol. The Morgan fingerprint density at radius 3 is 2.56 bits per heavy atom. The zero-order valence-electron chi connectivity index (χ0n) is 17.2. The highest BCUT2D eigenvalue weighted by Crippen LogP contribution is 2.35.